The standard InChI is InChI=1S/C11H18O5/c1-7(2)5-8(6-9(12)15-3)10(13)11(14)16-4/h7-8H,5-6H2,1-4H3. The molecule has 16 heavy (non-hydrogen) atoms. The summed E-state index contributed by atoms with van der Waals surface area (Å²) in [5.74, 6) is -2.51. The predicted octanol–water partition coefficient (Wildman–Crippen LogP) is 0.954. The van der Waals surface area contributed by atoms with Gasteiger partial charge in [0.1, 0.15) is 0 Å². The molecule has 0 bridgehead atoms. The first-order valence-electron chi connectivity index (χ1n) is 5.11. The Morgan fingerprint density at radius 3 is 2.00 bits per heavy atom. The molecule has 0 rings (SSSR count). The van der Waals surface area contributed by atoms with E-state index in [1.807, 2.05) is 13.8 Å². The molecule has 5 heteroatoms. The molecule has 92 valence electrons. The number of Topliss-reactive ketones (excluding diaryl/α,β-unsaturated/α-hetero) is 1. The summed E-state index contributed by atoms with van der Waals surface area (Å²) in [6.45, 7) is 3.82. The van der Waals surface area contributed by atoms with E-state index in [1.54, 1.807) is 0 Å². The molecule has 0 aliphatic carbocycles. The van der Waals surface area contributed by atoms with Crippen molar-refractivity contribution in [3.05, 3.63) is 0 Å². The quantitative estimate of drug-likeness (QED) is 0.502. The summed E-state index contributed by atoms with van der Waals surface area (Å²) in [5.41, 5.74) is 0. The minimum Gasteiger partial charge on any atom is -0.469 e. The van der Waals surface area contributed by atoms with Crippen LogP contribution in [0, 0.1) is 11.8 Å². The van der Waals surface area contributed by atoms with Crippen LogP contribution in [0.25, 0.3) is 0 Å². The van der Waals surface area contributed by atoms with Gasteiger partial charge in [-0.15, -0.1) is 0 Å². The number of carbonyl (C=O) groups is 3. The summed E-state index contributed by atoms with van der Waals surface area (Å²) in [5, 5.41) is 0. The van der Waals surface area contributed by atoms with Gasteiger partial charge >= 0.3 is 11.9 Å². The lowest BCUT2D eigenvalue weighted by molar-refractivity contribution is -0.155. The van der Waals surface area contributed by atoms with Gasteiger partial charge in [-0.1, -0.05) is 13.8 Å². The zero-order valence-corrected chi connectivity index (χ0v) is 10.1. The first-order valence-corrected chi connectivity index (χ1v) is 5.11. The van der Waals surface area contributed by atoms with Gasteiger partial charge in [0.05, 0.1) is 20.6 Å². The second-order valence-corrected chi connectivity index (χ2v) is 3.96. The second-order valence-electron chi connectivity index (χ2n) is 3.96. The number of hydrogen-bond acceptors (Lipinski definition) is 5. The number of carbonyl (C=O) groups excluding carboxylic acids is 3. The normalized spacial score (nSPS) is 12.1. The highest BCUT2D eigenvalue weighted by atomic mass is 16.5. The maximum atomic E-state index is 11.6. The molecule has 1 atom stereocenters. The smallest absolute Gasteiger partial charge is 0.374 e. The van der Waals surface area contributed by atoms with Crippen LogP contribution in [0.3, 0.4) is 0 Å². The first kappa shape index (κ1) is 14.6. The molecule has 0 heterocycles. The fourth-order valence-electron chi connectivity index (χ4n) is 1.40. The molecule has 0 saturated carbocycles. The van der Waals surface area contributed by atoms with Crippen molar-refractivity contribution in [1.29, 1.82) is 0 Å². The van der Waals surface area contributed by atoms with E-state index in [1.165, 1.54) is 7.11 Å². The number of ketones is 1. The first-order chi connectivity index (χ1) is 7.42. The summed E-state index contributed by atoms with van der Waals surface area (Å²) in [6, 6.07) is 0. The second kappa shape index (κ2) is 6.98. The zero-order chi connectivity index (χ0) is 12.7. The molecule has 0 aliphatic rings. The van der Waals surface area contributed by atoms with Crippen molar-refractivity contribution >= 4 is 17.7 Å². The molecule has 0 aromatic rings. The minimum atomic E-state index is -0.908. The predicted molar refractivity (Wildman–Crippen MR) is 56.6 cm³/mol. The van der Waals surface area contributed by atoms with Crippen LogP contribution in [0.4, 0.5) is 0 Å². The van der Waals surface area contributed by atoms with Crippen LogP contribution in [0.15, 0.2) is 0 Å². The van der Waals surface area contributed by atoms with Crippen molar-refractivity contribution in [1.82, 2.24) is 0 Å². The van der Waals surface area contributed by atoms with Crippen LogP contribution in [-0.4, -0.2) is 31.9 Å². The number of ether oxygens (including phenoxy) is 2. The van der Waals surface area contributed by atoms with Crippen molar-refractivity contribution in [3.8, 4) is 0 Å². The molecule has 0 aromatic heterocycles. The number of hydrogen-bond donors (Lipinski definition) is 0. The van der Waals surface area contributed by atoms with E-state index in [4.69, 9.17) is 0 Å². The van der Waals surface area contributed by atoms with E-state index in [0.29, 0.717) is 6.42 Å². The van der Waals surface area contributed by atoms with E-state index in [2.05, 4.69) is 9.47 Å². The largest absolute Gasteiger partial charge is 0.469 e. The molecule has 0 amide bonds. The molecular weight excluding hydrogens is 212 g/mol. The highest BCUT2D eigenvalue weighted by molar-refractivity contribution is 6.34. The van der Waals surface area contributed by atoms with Gasteiger partial charge in [0.2, 0.25) is 5.78 Å². The summed E-state index contributed by atoms with van der Waals surface area (Å²) >= 11 is 0. The average molecular weight is 230 g/mol. The van der Waals surface area contributed by atoms with Gasteiger partial charge in [-0.2, -0.15) is 0 Å². The molecule has 0 fully saturated rings. The molecule has 0 N–H and O–H groups in total. The lowest BCUT2D eigenvalue weighted by Crippen LogP contribution is -2.28. The molecule has 0 aromatic carbocycles. The minimum absolute atomic E-state index is 0.0807. The third-order valence-electron chi connectivity index (χ3n) is 2.15. The number of rotatable bonds is 6. The summed E-state index contributed by atoms with van der Waals surface area (Å²) in [4.78, 5) is 33.8. The van der Waals surface area contributed by atoms with E-state index in [-0.39, 0.29) is 12.3 Å². The Balaban J connectivity index is 4.59. The highest BCUT2D eigenvalue weighted by Crippen LogP contribution is 2.17. The van der Waals surface area contributed by atoms with Crippen LogP contribution in [0.1, 0.15) is 26.7 Å². The van der Waals surface area contributed by atoms with Gasteiger partial charge in [-0.3, -0.25) is 9.59 Å². The Morgan fingerprint density at radius 2 is 1.62 bits per heavy atom. The van der Waals surface area contributed by atoms with Crippen molar-refractivity contribution in [2.45, 2.75) is 26.7 Å². The molecule has 1 unspecified atom stereocenters. The van der Waals surface area contributed by atoms with Gasteiger partial charge < -0.3 is 9.47 Å². The van der Waals surface area contributed by atoms with Crippen LogP contribution in [0.2, 0.25) is 0 Å². The SMILES string of the molecule is COC(=O)CC(CC(C)C)C(=O)C(=O)OC. The van der Waals surface area contributed by atoms with Crippen LogP contribution in [0.5, 0.6) is 0 Å². The Labute approximate surface area is 95.1 Å². The molecule has 5 nitrogen and oxygen atoms in total. The monoisotopic (exact) mass is 230 g/mol. The lowest BCUT2D eigenvalue weighted by atomic mass is 9.90. The average Bonchev–Trinajstić information content (AvgIpc) is 2.25. The molecule has 0 saturated heterocycles. The van der Waals surface area contributed by atoms with E-state index in [9.17, 15) is 14.4 Å². The van der Waals surface area contributed by atoms with Crippen LogP contribution >= 0.6 is 0 Å². The third-order valence-corrected chi connectivity index (χ3v) is 2.15. The van der Waals surface area contributed by atoms with Crippen LogP contribution in [-0.2, 0) is 23.9 Å². The lowest BCUT2D eigenvalue weighted by Gasteiger charge is -2.15. The van der Waals surface area contributed by atoms with Gasteiger partial charge in [0.25, 0.3) is 0 Å². The Bertz CT molecular complexity index is 270. The molecule has 0 radical (unpaired) electrons. The molecule has 0 aliphatic heterocycles. The summed E-state index contributed by atoms with van der Waals surface area (Å²) in [6.07, 6.45) is 0.381. The van der Waals surface area contributed by atoms with Gasteiger partial charge in [0, 0.05) is 5.92 Å². The van der Waals surface area contributed by atoms with Gasteiger partial charge in [-0.25, -0.2) is 4.79 Å². The third kappa shape index (κ3) is 4.91. The summed E-state index contributed by atoms with van der Waals surface area (Å²) in [7, 11) is 2.39. The Morgan fingerprint density at radius 1 is 1.06 bits per heavy atom. The Kier molecular flexibility index (Phi) is 6.37. The van der Waals surface area contributed by atoms with Gasteiger partial charge in [0.15, 0.2) is 0 Å². The van der Waals surface area contributed by atoms with E-state index >= 15 is 0 Å². The zero-order valence-electron chi connectivity index (χ0n) is 10.1. The van der Waals surface area contributed by atoms with Gasteiger partial charge in [-0.05, 0) is 12.3 Å². The molecule has 0 spiro atoms. The number of methoxy groups -OCH3 is 2. The van der Waals surface area contributed by atoms with Crippen molar-refractivity contribution in [3.63, 3.8) is 0 Å². The maximum absolute atomic E-state index is 11.6. The van der Waals surface area contributed by atoms with Crippen molar-refractivity contribution < 1.29 is 23.9 Å². The summed E-state index contributed by atoms with van der Waals surface area (Å²) < 4.78 is 8.83. The maximum Gasteiger partial charge on any atom is 0.374 e. The molecular formula is C11H18O5. The number of esters is 2. The topological polar surface area (TPSA) is 69.7 Å². The van der Waals surface area contributed by atoms with Crippen LogP contribution < -0.4 is 0 Å². The Hall–Kier alpha value is -1.39. The van der Waals surface area contributed by atoms with Crippen molar-refractivity contribution in [2.24, 2.45) is 11.8 Å². The highest BCUT2D eigenvalue weighted by Gasteiger charge is 2.29. The van der Waals surface area contributed by atoms with Crippen molar-refractivity contribution in [2.75, 3.05) is 14.2 Å². The van der Waals surface area contributed by atoms with E-state index < -0.39 is 23.6 Å². The fourth-order valence-corrected chi connectivity index (χ4v) is 1.40. The fraction of sp³-hybridized carbons (Fsp3) is 0.727. The van der Waals surface area contributed by atoms with E-state index in [0.717, 1.165) is 7.11 Å².